The van der Waals surface area contributed by atoms with E-state index in [0.29, 0.717) is 11.3 Å². The third-order valence-electron chi connectivity index (χ3n) is 1.64. The van der Waals surface area contributed by atoms with Crippen molar-refractivity contribution in [3.05, 3.63) is 23.8 Å². The van der Waals surface area contributed by atoms with Gasteiger partial charge in [0.05, 0.1) is 11.3 Å². The Morgan fingerprint density at radius 3 is 3.00 bits per heavy atom. The lowest BCUT2D eigenvalue weighted by atomic mass is 10.1. The highest BCUT2D eigenvalue weighted by Gasteiger charge is 2.22. The summed E-state index contributed by atoms with van der Waals surface area (Å²) in [5, 5.41) is 9.27. The van der Waals surface area contributed by atoms with Crippen molar-refractivity contribution in [3.8, 4) is 5.75 Å². The van der Waals surface area contributed by atoms with E-state index in [1.807, 2.05) is 6.07 Å². The predicted octanol–water partition coefficient (Wildman–Crippen LogP) is 1.68. The molecule has 11 heavy (non-hydrogen) atoms. The summed E-state index contributed by atoms with van der Waals surface area (Å²) in [4.78, 5) is 12.0. The van der Waals surface area contributed by atoms with Gasteiger partial charge in [-0.15, -0.1) is 11.8 Å². The van der Waals surface area contributed by atoms with Crippen LogP contribution in [0.25, 0.3) is 0 Å². The lowest BCUT2D eigenvalue weighted by Gasteiger charge is -1.97. The third-order valence-corrected chi connectivity index (χ3v) is 2.70. The molecule has 0 saturated carbocycles. The zero-order valence-electron chi connectivity index (χ0n) is 5.70. The number of phenolic OH excluding ortho intramolecular Hbond substituents is 1. The first kappa shape index (κ1) is 6.73. The molecule has 3 heteroatoms. The van der Waals surface area contributed by atoms with Gasteiger partial charge < -0.3 is 5.11 Å². The summed E-state index contributed by atoms with van der Waals surface area (Å²) < 4.78 is 0. The predicted molar refractivity (Wildman–Crippen MR) is 43.2 cm³/mol. The van der Waals surface area contributed by atoms with E-state index in [1.54, 1.807) is 12.1 Å². The average molecular weight is 166 g/mol. The highest BCUT2D eigenvalue weighted by Crippen LogP contribution is 2.35. The van der Waals surface area contributed by atoms with Gasteiger partial charge in [-0.1, -0.05) is 6.07 Å². The van der Waals surface area contributed by atoms with Gasteiger partial charge in [-0.05, 0) is 12.1 Å². The van der Waals surface area contributed by atoms with Gasteiger partial charge in [0.25, 0.3) is 0 Å². The van der Waals surface area contributed by atoms with Gasteiger partial charge in [0.1, 0.15) is 5.75 Å². The lowest BCUT2D eigenvalue weighted by molar-refractivity contribution is 0.102. The molecular formula is C8H6O2S. The SMILES string of the molecule is O=C1CSc2cccc(O)c21. The molecule has 0 radical (unpaired) electrons. The number of Topliss-reactive ketones (excluding diaryl/α,β-unsaturated/α-hetero) is 1. The summed E-state index contributed by atoms with van der Waals surface area (Å²) >= 11 is 1.48. The van der Waals surface area contributed by atoms with Crippen LogP contribution < -0.4 is 0 Å². The largest absolute Gasteiger partial charge is 0.507 e. The van der Waals surface area contributed by atoms with E-state index in [0.717, 1.165) is 4.90 Å². The van der Waals surface area contributed by atoms with E-state index in [1.165, 1.54) is 11.8 Å². The maximum atomic E-state index is 11.1. The Labute approximate surface area is 68.2 Å². The van der Waals surface area contributed by atoms with Gasteiger partial charge in [-0.3, -0.25) is 4.79 Å². The Morgan fingerprint density at radius 2 is 2.27 bits per heavy atom. The minimum Gasteiger partial charge on any atom is -0.507 e. The molecule has 0 bridgehead atoms. The molecule has 1 aliphatic rings. The second kappa shape index (κ2) is 2.27. The Balaban J connectivity index is 2.68. The summed E-state index contributed by atoms with van der Waals surface area (Å²) in [6, 6.07) is 5.15. The zero-order valence-corrected chi connectivity index (χ0v) is 6.52. The molecule has 0 aromatic heterocycles. The van der Waals surface area contributed by atoms with E-state index in [9.17, 15) is 9.90 Å². The fourth-order valence-corrected chi connectivity index (χ4v) is 2.10. The van der Waals surface area contributed by atoms with Crippen LogP contribution in [0.15, 0.2) is 23.1 Å². The standard InChI is InChI=1S/C8H6O2S/c9-5-2-1-3-7-8(5)6(10)4-11-7/h1-3,9H,4H2. The maximum absolute atomic E-state index is 11.1. The topological polar surface area (TPSA) is 37.3 Å². The van der Waals surface area contributed by atoms with E-state index in [2.05, 4.69) is 0 Å². The Hall–Kier alpha value is -0.960. The Morgan fingerprint density at radius 1 is 1.45 bits per heavy atom. The first-order chi connectivity index (χ1) is 5.29. The number of phenols is 1. The number of hydrogen-bond donors (Lipinski definition) is 1. The van der Waals surface area contributed by atoms with Crippen LogP contribution in [0.4, 0.5) is 0 Å². The van der Waals surface area contributed by atoms with Gasteiger partial charge in [-0.2, -0.15) is 0 Å². The van der Waals surface area contributed by atoms with Crippen LogP contribution in [0.5, 0.6) is 5.75 Å². The number of benzene rings is 1. The molecule has 0 fully saturated rings. The number of aromatic hydroxyl groups is 1. The lowest BCUT2D eigenvalue weighted by Crippen LogP contribution is -1.94. The number of fused-ring (bicyclic) bond motifs is 1. The first-order valence-electron chi connectivity index (χ1n) is 3.27. The van der Waals surface area contributed by atoms with Crippen molar-refractivity contribution in [1.29, 1.82) is 0 Å². The summed E-state index contributed by atoms with van der Waals surface area (Å²) in [5.41, 5.74) is 0.498. The molecule has 0 saturated heterocycles. The number of ketones is 1. The van der Waals surface area contributed by atoms with Gasteiger partial charge in [0, 0.05) is 4.90 Å². The van der Waals surface area contributed by atoms with Crippen molar-refractivity contribution in [3.63, 3.8) is 0 Å². The fourth-order valence-electron chi connectivity index (χ4n) is 1.14. The minimum atomic E-state index is 0.0306. The Kier molecular flexibility index (Phi) is 1.39. The molecule has 1 aromatic carbocycles. The fraction of sp³-hybridized carbons (Fsp3) is 0.125. The van der Waals surface area contributed by atoms with Crippen molar-refractivity contribution in [2.45, 2.75) is 4.90 Å². The molecule has 2 rings (SSSR count). The van der Waals surface area contributed by atoms with E-state index in [4.69, 9.17) is 0 Å². The smallest absolute Gasteiger partial charge is 0.177 e. The molecule has 0 unspecified atom stereocenters. The molecule has 1 aliphatic heterocycles. The second-order valence-corrected chi connectivity index (χ2v) is 3.38. The number of carbonyl (C=O) groups excluding carboxylic acids is 1. The monoisotopic (exact) mass is 166 g/mol. The van der Waals surface area contributed by atoms with Gasteiger partial charge in [0.2, 0.25) is 0 Å². The molecule has 0 atom stereocenters. The third kappa shape index (κ3) is 0.922. The molecule has 1 heterocycles. The van der Waals surface area contributed by atoms with Crippen LogP contribution in [-0.2, 0) is 0 Å². The van der Waals surface area contributed by atoms with E-state index >= 15 is 0 Å². The van der Waals surface area contributed by atoms with Crippen molar-refractivity contribution < 1.29 is 9.90 Å². The molecule has 2 nitrogen and oxygen atoms in total. The quantitative estimate of drug-likeness (QED) is 0.637. The summed E-state index contributed by atoms with van der Waals surface area (Å²) in [6.45, 7) is 0. The van der Waals surface area contributed by atoms with E-state index < -0.39 is 0 Å². The van der Waals surface area contributed by atoms with E-state index in [-0.39, 0.29) is 11.5 Å². The molecule has 56 valence electrons. The molecule has 1 aromatic rings. The summed E-state index contributed by atoms with van der Waals surface area (Å²) in [5.74, 6) is 0.605. The molecular weight excluding hydrogens is 160 g/mol. The highest BCUT2D eigenvalue weighted by molar-refractivity contribution is 8.00. The number of thioether (sulfide) groups is 1. The normalized spacial score (nSPS) is 15.1. The van der Waals surface area contributed by atoms with Crippen LogP contribution in [-0.4, -0.2) is 16.6 Å². The van der Waals surface area contributed by atoms with Crippen molar-refractivity contribution in [1.82, 2.24) is 0 Å². The van der Waals surface area contributed by atoms with Crippen LogP contribution >= 0.6 is 11.8 Å². The van der Waals surface area contributed by atoms with Crippen molar-refractivity contribution in [2.75, 3.05) is 5.75 Å². The van der Waals surface area contributed by atoms with Gasteiger partial charge >= 0.3 is 0 Å². The molecule has 1 N–H and O–H groups in total. The van der Waals surface area contributed by atoms with Crippen LogP contribution in [0.1, 0.15) is 10.4 Å². The molecule has 0 aliphatic carbocycles. The maximum Gasteiger partial charge on any atom is 0.177 e. The van der Waals surface area contributed by atoms with Crippen LogP contribution in [0.3, 0.4) is 0 Å². The first-order valence-corrected chi connectivity index (χ1v) is 4.25. The average Bonchev–Trinajstić information content (AvgIpc) is 2.34. The van der Waals surface area contributed by atoms with Gasteiger partial charge in [-0.25, -0.2) is 0 Å². The Bertz CT molecular complexity index is 320. The van der Waals surface area contributed by atoms with Crippen LogP contribution in [0.2, 0.25) is 0 Å². The molecule has 0 spiro atoms. The minimum absolute atomic E-state index is 0.0306. The summed E-state index contributed by atoms with van der Waals surface area (Å²) in [6.07, 6.45) is 0. The molecule has 0 amide bonds. The van der Waals surface area contributed by atoms with Gasteiger partial charge in [0.15, 0.2) is 5.78 Å². The number of rotatable bonds is 0. The zero-order chi connectivity index (χ0) is 7.84. The number of hydrogen-bond acceptors (Lipinski definition) is 3. The van der Waals surface area contributed by atoms with Crippen molar-refractivity contribution >= 4 is 17.5 Å². The highest BCUT2D eigenvalue weighted by atomic mass is 32.2. The second-order valence-electron chi connectivity index (χ2n) is 2.36. The number of carbonyl (C=O) groups is 1. The summed E-state index contributed by atoms with van der Waals surface area (Å²) in [7, 11) is 0. The van der Waals surface area contributed by atoms with Crippen LogP contribution in [0, 0.1) is 0 Å². The van der Waals surface area contributed by atoms with Crippen molar-refractivity contribution in [2.24, 2.45) is 0 Å².